The fourth-order valence-corrected chi connectivity index (χ4v) is 3.22. The molecule has 0 bridgehead atoms. The van der Waals surface area contributed by atoms with Gasteiger partial charge in [-0.15, -0.1) is 0 Å². The van der Waals surface area contributed by atoms with E-state index in [4.69, 9.17) is 5.73 Å². The Hall–Kier alpha value is -0.120. The lowest BCUT2D eigenvalue weighted by molar-refractivity contribution is 0.123. The summed E-state index contributed by atoms with van der Waals surface area (Å²) in [5.74, 6) is 1.18. The van der Waals surface area contributed by atoms with Crippen molar-refractivity contribution >= 4 is 0 Å². The molecule has 16 heavy (non-hydrogen) atoms. The first kappa shape index (κ1) is 12.3. The van der Waals surface area contributed by atoms with Crippen LogP contribution in [0.2, 0.25) is 0 Å². The molecule has 2 rings (SSSR count). The summed E-state index contributed by atoms with van der Waals surface area (Å²) in [7, 11) is 0. The molecule has 0 radical (unpaired) electrons. The van der Waals surface area contributed by atoms with Gasteiger partial charge in [-0.2, -0.15) is 0 Å². The molecule has 2 aliphatic rings. The molecule has 4 unspecified atom stereocenters. The Morgan fingerprint density at radius 2 is 2.06 bits per heavy atom. The first-order valence-electron chi connectivity index (χ1n) is 6.83. The van der Waals surface area contributed by atoms with Gasteiger partial charge < -0.3 is 15.7 Å². The first-order valence-corrected chi connectivity index (χ1v) is 6.83. The number of hydrogen-bond donors (Lipinski definition) is 2. The predicted molar refractivity (Wildman–Crippen MR) is 66.2 cm³/mol. The molecule has 1 heterocycles. The van der Waals surface area contributed by atoms with Gasteiger partial charge in [0.05, 0.1) is 6.10 Å². The molecule has 3 heteroatoms. The minimum Gasteiger partial charge on any atom is -0.393 e. The van der Waals surface area contributed by atoms with E-state index >= 15 is 0 Å². The van der Waals surface area contributed by atoms with E-state index in [-0.39, 0.29) is 6.10 Å². The molecule has 2 fully saturated rings. The van der Waals surface area contributed by atoms with Crippen molar-refractivity contribution in [2.45, 2.75) is 51.2 Å². The average Bonchev–Trinajstić information content (AvgIpc) is 2.70. The summed E-state index contributed by atoms with van der Waals surface area (Å²) in [6.45, 7) is 5.30. The molecular weight excluding hydrogens is 200 g/mol. The summed E-state index contributed by atoms with van der Waals surface area (Å²) in [6, 6.07) is 0.416. The van der Waals surface area contributed by atoms with E-state index in [1.54, 1.807) is 0 Å². The van der Waals surface area contributed by atoms with Crippen molar-refractivity contribution in [1.29, 1.82) is 0 Å². The van der Waals surface area contributed by atoms with Crippen LogP contribution >= 0.6 is 0 Å². The summed E-state index contributed by atoms with van der Waals surface area (Å²) < 4.78 is 0. The summed E-state index contributed by atoms with van der Waals surface area (Å²) in [6.07, 6.45) is 6.18. The number of nitrogens with zero attached hydrogens (tertiary/aromatic N) is 1. The molecule has 4 atom stereocenters. The molecule has 1 saturated carbocycles. The van der Waals surface area contributed by atoms with Gasteiger partial charge in [-0.05, 0) is 44.6 Å². The van der Waals surface area contributed by atoms with Crippen molar-refractivity contribution < 1.29 is 5.11 Å². The second kappa shape index (κ2) is 5.48. The highest BCUT2D eigenvalue weighted by atomic mass is 16.3. The average molecular weight is 226 g/mol. The molecule has 1 aliphatic carbocycles. The number of aliphatic hydroxyl groups excluding tert-OH is 1. The van der Waals surface area contributed by atoms with Crippen LogP contribution in [0.25, 0.3) is 0 Å². The van der Waals surface area contributed by atoms with E-state index < -0.39 is 0 Å². The van der Waals surface area contributed by atoms with E-state index in [0.29, 0.717) is 17.9 Å². The monoisotopic (exact) mass is 226 g/mol. The lowest BCUT2D eigenvalue weighted by Gasteiger charge is -2.32. The highest BCUT2D eigenvalue weighted by molar-refractivity contribution is 4.85. The number of likely N-dealkylation sites (tertiary alicyclic amines) is 1. The summed E-state index contributed by atoms with van der Waals surface area (Å²) in [4.78, 5) is 2.51. The van der Waals surface area contributed by atoms with Gasteiger partial charge in [0.25, 0.3) is 0 Å². The molecular formula is C13H26N2O. The Bertz CT molecular complexity index is 220. The fourth-order valence-electron chi connectivity index (χ4n) is 3.22. The zero-order chi connectivity index (χ0) is 11.5. The van der Waals surface area contributed by atoms with Crippen LogP contribution in [0.1, 0.15) is 39.0 Å². The van der Waals surface area contributed by atoms with E-state index in [0.717, 1.165) is 26.1 Å². The Kier molecular flexibility index (Phi) is 4.22. The third-order valence-corrected chi connectivity index (χ3v) is 4.45. The zero-order valence-corrected chi connectivity index (χ0v) is 10.4. The lowest BCUT2D eigenvalue weighted by Crippen LogP contribution is -2.40. The van der Waals surface area contributed by atoms with Crippen molar-refractivity contribution in [1.82, 2.24) is 4.90 Å². The highest BCUT2D eigenvalue weighted by Gasteiger charge is 2.30. The summed E-state index contributed by atoms with van der Waals surface area (Å²) >= 11 is 0. The maximum atomic E-state index is 9.58. The second-order valence-corrected chi connectivity index (χ2v) is 5.76. The van der Waals surface area contributed by atoms with Crippen LogP contribution in [0.3, 0.4) is 0 Å². The zero-order valence-electron chi connectivity index (χ0n) is 10.4. The quantitative estimate of drug-likeness (QED) is 0.760. The standard InChI is InChI=1S/C13H26N2O/c1-10(16)11-6-7-15(8-11)9-12-4-2-3-5-13(12)14/h10-13,16H,2-9,14H2,1H3. The van der Waals surface area contributed by atoms with Crippen LogP contribution in [0.4, 0.5) is 0 Å². The van der Waals surface area contributed by atoms with Gasteiger partial charge in [-0.1, -0.05) is 12.8 Å². The number of nitrogens with two attached hydrogens (primary N) is 1. The predicted octanol–water partition coefficient (Wildman–Crippen LogP) is 1.21. The maximum Gasteiger partial charge on any atom is 0.0552 e. The van der Waals surface area contributed by atoms with Gasteiger partial charge in [0, 0.05) is 19.1 Å². The second-order valence-electron chi connectivity index (χ2n) is 5.76. The molecule has 0 amide bonds. The largest absolute Gasteiger partial charge is 0.393 e. The van der Waals surface area contributed by atoms with E-state index in [1.807, 2.05) is 6.92 Å². The van der Waals surface area contributed by atoms with Gasteiger partial charge >= 0.3 is 0 Å². The van der Waals surface area contributed by atoms with Crippen molar-refractivity contribution in [2.75, 3.05) is 19.6 Å². The van der Waals surface area contributed by atoms with Crippen molar-refractivity contribution in [3.05, 3.63) is 0 Å². The summed E-state index contributed by atoms with van der Waals surface area (Å²) in [5.41, 5.74) is 6.18. The molecule has 0 spiro atoms. The molecule has 1 aliphatic heterocycles. The third kappa shape index (κ3) is 2.96. The number of rotatable bonds is 3. The number of hydrogen-bond acceptors (Lipinski definition) is 3. The molecule has 0 aromatic heterocycles. The minimum atomic E-state index is -0.148. The Labute approximate surface area is 99.0 Å². The Balaban J connectivity index is 1.77. The molecule has 0 aromatic rings. The van der Waals surface area contributed by atoms with Crippen molar-refractivity contribution in [2.24, 2.45) is 17.6 Å². The van der Waals surface area contributed by atoms with Crippen LogP contribution in [-0.4, -0.2) is 41.8 Å². The van der Waals surface area contributed by atoms with Crippen LogP contribution in [0.15, 0.2) is 0 Å². The van der Waals surface area contributed by atoms with Crippen LogP contribution in [0, 0.1) is 11.8 Å². The molecule has 3 nitrogen and oxygen atoms in total. The van der Waals surface area contributed by atoms with Crippen molar-refractivity contribution in [3.8, 4) is 0 Å². The number of aliphatic hydroxyl groups is 1. The SMILES string of the molecule is CC(O)C1CCN(CC2CCCCC2N)C1. The first-order chi connectivity index (χ1) is 7.66. The van der Waals surface area contributed by atoms with Crippen molar-refractivity contribution in [3.63, 3.8) is 0 Å². The topological polar surface area (TPSA) is 49.5 Å². The Morgan fingerprint density at radius 1 is 1.31 bits per heavy atom. The lowest BCUT2D eigenvalue weighted by atomic mass is 9.85. The van der Waals surface area contributed by atoms with Crippen LogP contribution in [0.5, 0.6) is 0 Å². The fraction of sp³-hybridized carbons (Fsp3) is 1.00. The summed E-state index contributed by atoms with van der Waals surface area (Å²) in [5, 5.41) is 9.58. The van der Waals surface area contributed by atoms with Gasteiger partial charge in [0.15, 0.2) is 0 Å². The van der Waals surface area contributed by atoms with Crippen LogP contribution < -0.4 is 5.73 Å². The highest BCUT2D eigenvalue weighted by Crippen LogP contribution is 2.27. The van der Waals surface area contributed by atoms with E-state index in [2.05, 4.69) is 4.90 Å². The van der Waals surface area contributed by atoms with Gasteiger partial charge in [-0.25, -0.2) is 0 Å². The van der Waals surface area contributed by atoms with Gasteiger partial charge in [-0.3, -0.25) is 0 Å². The molecule has 94 valence electrons. The van der Waals surface area contributed by atoms with Gasteiger partial charge in [0.2, 0.25) is 0 Å². The molecule has 1 saturated heterocycles. The maximum absolute atomic E-state index is 9.58. The Morgan fingerprint density at radius 3 is 2.69 bits per heavy atom. The normalized spacial score (nSPS) is 38.8. The molecule has 3 N–H and O–H groups in total. The smallest absolute Gasteiger partial charge is 0.0552 e. The van der Waals surface area contributed by atoms with E-state index in [1.165, 1.54) is 25.7 Å². The van der Waals surface area contributed by atoms with Crippen LogP contribution in [-0.2, 0) is 0 Å². The van der Waals surface area contributed by atoms with Gasteiger partial charge in [0.1, 0.15) is 0 Å². The third-order valence-electron chi connectivity index (χ3n) is 4.45. The minimum absolute atomic E-state index is 0.148. The van der Waals surface area contributed by atoms with E-state index in [9.17, 15) is 5.11 Å². The molecule has 0 aromatic carbocycles.